The Morgan fingerprint density at radius 1 is 1.05 bits per heavy atom. The Morgan fingerprint density at radius 2 is 1.85 bits per heavy atom. The van der Waals surface area contributed by atoms with Crippen LogP contribution in [0.1, 0.15) is 5.56 Å². The van der Waals surface area contributed by atoms with Crippen molar-refractivity contribution in [1.82, 2.24) is 15.0 Å². The Balaban J connectivity index is 1.84. The molecule has 0 amide bonds. The fraction of sp³-hybridized carbons (Fsp3) is 0.0667. The molecule has 2 N–H and O–H groups in total. The summed E-state index contributed by atoms with van der Waals surface area (Å²) in [5.74, 6) is 0.290. The zero-order chi connectivity index (χ0) is 13.8. The number of phenolic OH excluding ortho intramolecular Hbond substituents is 1. The molecule has 0 spiro atoms. The van der Waals surface area contributed by atoms with Gasteiger partial charge in [0.25, 0.3) is 0 Å². The van der Waals surface area contributed by atoms with Crippen LogP contribution in [-0.4, -0.2) is 20.1 Å². The van der Waals surface area contributed by atoms with Crippen LogP contribution in [0.25, 0.3) is 5.69 Å². The van der Waals surface area contributed by atoms with Gasteiger partial charge in [0, 0.05) is 12.1 Å². The maximum Gasteiger partial charge on any atom is 0.120 e. The maximum absolute atomic E-state index is 9.77. The van der Waals surface area contributed by atoms with Gasteiger partial charge < -0.3 is 10.4 Å². The molecule has 5 heteroatoms. The lowest BCUT2D eigenvalue weighted by molar-refractivity contribution is 0.469. The van der Waals surface area contributed by atoms with Crippen LogP contribution in [0.4, 0.5) is 5.69 Å². The average Bonchev–Trinajstić information content (AvgIpc) is 3.01. The quantitative estimate of drug-likeness (QED) is 0.762. The highest BCUT2D eigenvalue weighted by molar-refractivity contribution is 5.60. The molecule has 0 radical (unpaired) electrons. The first-order valence-electron chi connectivity index (χ1n) is 6.31. The summed E-state index contributed by atoms with van der Waals surface area (Å²) in [6.45, 7) is 0.540. The summed E-state index contributed by atoms with van der Waals surface area (Å²) in [6, 6.07) is 15.1. The van der Waals surface area contributed by atoms with E-state index in [1.54, 1.807) is 23.1 Å². The Hall–Kier alpha value is -2.82. The fourth-order valence-electron chi connectivity index (χ4n) is 2.01. The third-order valence-corrected chi connectivity index (χ3v) is 3.03. The molecule has 1 aromatic heterocycles. The number of rotatable bonds is 4. The summed E-state index contributed by atoms with van der Waals surface area (Å²) in [7, 11) is 0. The smallest absolute Gasteiger partial charge is 0.120 e. The van der Waals surface area contributed by atoms with E-state index in [2.05, 4.69) is 15.6 Å². The average molecular weight is 266 g/mol. The van der Waals surface area contributed by atoms with Crippen molar-refractivity contribution in [3.05, 3.63) is 66.5 Å². The van der Waals surface area contributed by atoms with E-state index < -0.39 is 0 Å². The molecule has 0 bridgehead atoms. The number of phenols is 1. The zero-order valence-corrected chi connectivity index (χ0v) is 10.8. The van der Waals surface area contributed by atoms with Crippen LogP contribution in [-0.2, 0) is 6.54 Å². The van der Waals surface area contributed by atoms with E-state index in [-0.39, 0.29) is 0 Å². The van der Waals surface area contributed by atoms with Gasteiger partial charge in [0.1, 0.15) is 5.75 Å². The number of nitrogens with one attached hydrogen (secondary N) is 1. The lowest BCUT2D eigenvalue weighted by Gasteiger charge is -2.12. The van der Waals surface area contributed by atoms with Crippen molar-refractivity contribution in [2.24, 2.45) is 0 Å². The third-order valence-electron chi connectivity index (χ3n) is 3.03. The van der Waals surface area contributed by atoms with Crippen LogP contribution in [0, 0.1) is 0 Å². The Morgan fingerprint density at radius 3 is 2.65 bits per heavy atom. The second kappa shape index (κ2) is 5.44. The predicted octanol–water partition coefficient (Wildman–Crippen LogP) is 2.58. The van der Waals surface area contributed by atoms with Gasteiger partial charge in [-0.25, -0.2) is 4.68 Å². The minimum Gasteiger partial charge on any atom is -0.508 e. The van der Waals surface area contributed by atoms with Crippen molar-refractivity contribution < 1.29 is 5.11 Å². The first-order valence-corrected chi connectivity index (χ1v) is 6.31. The van der Waals surface area contributed by atoms with Gasteiger partial charge in [-0.05, 0) is 18.2 Å². The summed E-state index contributed by atoms with van der Waals surface area (Å²) in [4.78, 5) is 0. The number of benzene rings is 2. The van der Waals surface area contributed by atoms with Crippen LogP contribution in [0.5, 0.6) is 5.75 Å². The SMILES string of the molecule is Oc1ccccc1CNc1ccccc1-n1ccnn1. The van der Waals surface area contributed by atoms with Gasteiger partial charge in [-0.1, -0.05) is 35.5 Å². The Bertz CT molecular complexity index is 695. The predicted molar refractivity (Wildman–Crippen MR) is 76.8 cm³/mol. The fourth-order valence-corrected chi connectivity index (χ4v) is 2.01. The molecule has 0 aliphatic rings. The molecule has 100 valence electrons. The molecule has 0 aliphatic carbocycles. The van der Waals surface area contributed by atoms with Gasteiger partial charge >= 0.3 is 0 Å². The Kier molecular flexibility index (Phi) is 3.33. The largest absolute Gasteiger partial charge is 0.508 e. The molecule has 1 heterocycles. The van der Waals surface area contributed by atoms with Crippen LogP contribution < -0.4 is 5.32 Å². The first kappa shape index (κ1) is 12.2. The topological polar surface area (TPSA) is 63.0 Å². The molecule has 5 nitrogen and oxygen atoms in total. The van der Waals surface area contributed by atoms with E-state index in [4.69, 9.17) is 0 Å². The van der Waals surface area contributed by atoms with E-state index in [9.17, 15) is 5.11 Å². The first-order chi connectivity index (χ1) is 9.84. The van der Waals surface area contributed by atoms with Gasteiger partial charge in [-0.15, -0.1) is 5.10 Å². The molecule has 0 unspecified atom stereocenters. The van der Waals surface area contributed by atoms with Gasteiger partial charge in [0.15, 0.2) is 0 Å². The summed E-state index contributed by atoms with van der Waals surface area (Å²) < 4.78 is 1.70. The lowest BCUT2D eigenvalue weighted by atomic mass is 10.2. The van der Waals surface area contributed by atoms with E-state index in [0.717, 1.165) is 16.9 Å². The molecular weight excluding hydrogens is 252 g/mol. The van der Waals surface area contributed by atoms with E-state index in [0.29, 0.717) is 12.3 Å². The number of aromatic hydroxyl groups is 1. The van der Waals surface area contributed by atoms with Crippen LogP contribution in [0.2, 0.25) is 0 Å². The van der Waals surface area contributed by atoms with E-state index in [1.807, 2.05) is 42.5 Å². The maximum atomic E-state index is 9.77. The van der Waals surface area contributed by atoms with Crippen molar-refractivity contribution in [2.45, 2.75) is 6.54 Å². The van der Waals surface area contributed by atoms with Crippen molar-refractivity contribution in [2.75, 3.05) is 5.32 Å². The van der Waals surface area contributed by atoms with Crippen molar-refractivity contribution in [3.63, 3.8) is 0 Å². The monoisotopic (exact) mass is 266 g/mol. The second-order valence-electron chi connectivity index (χ2n) is 4.35. The highest BCUT2D eigenvalue weighted by Crippen LogP contribution is 2.22. The van der Waals surface area contributed by atoms with Crippen molar-refractivity contribution in [3.8, 4) is 11.4 Å². The molecule has 0 saturated heterocycles. The molecule has 2 aromatic carbocycles. The molecule has 3 aromatic rings. The third kappa shape index (κ3) is 2.47. The minimum atomic E-state index is 0.290. The van der Waals surface area contributed by atoms with Gasteiger partial charge in [0.05, 0.1) is 23.8 Å². The second-order valence-corrected chi connectivity index (χ2v) is 4.35. The normalized spacial score (nSPS) is 10.4. The van der Waals surface area contributed by atoms with Crippen LogP contribution in [0.3, 0.4) is 0 Å². The molecule has 3 rings (SSSR count). The molecule has 0 aliphatic heterocycles. The van der Waals surface area contributed by atoms with Gasteiger partial charge in [-0.2, -0.15) is 0 Å². The molecule has 20 heavy (non-hydrogen) atoms. The van der Waals surface area contributed by atoms with Crippen LogP contribution in [0.15, 0.2) is 60.9 Å². The minimum absolute atomic E-state index is 0.290. The summed E-state index contributed by atoms with van der Waals surface area (Å²) in [5, 5.41) is 20.9. The highest BCUT2D eigenvalue weighted by Gasteiger charge is 2.05. The zero-order valence-electron chi connectivity index (χ0n) is 10.8. The van der Waals surface area contributed by atoms with Crippen molar-refractivity contribution >= 4 is 5.69 Å². The number of aromatic nitrogens is 3. The van der Waals surface area contributed by atoms with Crippen molar-refractivity contribution in [1.29, 1.82) is 0 Å². The number of nitrogens with zero attached hydrogens (tertiary/aromatic N) is 3. The van der Waals surface area contributed by atoms with Crippen LogP contribution >= 0.6 is 0 Å². The number of anilines is 1. The standard InChI is InChI=1S/C15H14N4O/c20-15-8-4-1-5-12(15)11-16-13-6-2-3-7-14(13)19-10-9-17-18-19/h1-10,16,20H,11H2. The highest BCUT2D eigenvalue weighted by atomic mass is 16.3. The lowest BCUT2D eigenvalue weighted by Crippen LogP contribution is -2.05. The summed E-state index contributed by atoms with van der Waals surface area (Å²) in [5.41, 5.74) is 2.70. The molecule has 0 fully saturated rings. The molecule has 0 atom stereocenters. The number of para-hydroxylation sites is 3. The summed E-state index contributed by atoms with van der Waals surface area (Å²) in [6.07, 6.45) is 3.43. The van der Waals surface area contributed by atoms with Gasteiger partial charge in [0.2, 0.25) is 0 Å². The molecular formula is C15H14N4O. The number of hydrogen-bond acceptors (Lipinski definition) is 4. The Labute approximate surface area is 116 Å². The van der Waals surface area contributed by atoms with E-state index in [1.165, 1.54) is 0 Å². The van der Waals surface area contributed by atoms with E-state index >= 15 is 0 Å². The number of hydrogen-bond donors (Lipinski definition) is 2. The summed E-state index contributed by atoms with van der Waals surface area (Å²) >= 11 is 0. The van der Waals surface area contributed by atoms with Gasteiger partial charge in [-0.3, -0.25) is 0 Å². The molecule has 0 saturated carbocycles.